The molecule has 2 fully saturated rings. The fourth-order valence-corrected chi connectivity index (χ4v) is 3.99. The number of hydrogen-bond donors (Lipinski definition) is 0. The summed E-state index contributed by atoms with van der Waals surface area (Å²) in [7, 11) is 0. The SMILES string of the molecule is O=C1[C@@H]2CN(Cc3ccco3)C[C@@H]2CN1c1ccsc1. The molecule has 2 aromatic heterocycles. The second-order valence-corrected chi connectivity index (χ2v) is 6.35. The molecule has 2 saturated heterocycles. The van der Waals surface area contributed by atoms with Crippen molar-refractivity contribution in [2.45, 2.75) is 6.54 Å². The monoisotopic (exact) mass is 288 g/mol. The lowest BCUT2D eigenvalue weighted by Gasteiger charge is -2.20. The molecule has 0 aliphatic carbocycles. The van der Waals surface area contributed by atoms with Crippen molar-refractivity contribution in [3.05, 3.63) is 41.0 Å². The molecule has 0 aromatic carbocycles. The van der Waals surface area contributed by atoms with Gasteiger partial charge in [-0.15, -0.1) is 0 Å². The minimum atomic E-state index is 0.157. The molecule has 2 atom stereocenters. The zero-order valence-corrected chi connectivity index (χ0v) is 11.9. The van der Waals surface area contributed by atoms with Crippen LogP contribution in [0.15, 0.2) is 39.6 Å². The number of thiophene rings is 1. The molecule has 4 rings (SSSR count). The Bertz CT molecular complexity index is 593. The first-order valence-electron chi connectivity index (χ1n) is 6.89. The number of amides is 1. The number of hydrogen-bond acceptors (Lipinski definition) is 4. The van der Waals surface area contributed by atoms with Gasteiger partial charge in [0.05, 0.1) is 24.4 Å². The number of likely N-dealkylation sites (tertiary alicyclic amines) is 1. The zero-order chi connectivity index (χ0) is 13.5. The van der Waals surface area contributed by atoms with E-state index in [4.69, 9.17) is 4.42 Å². The maximum atomic E-state index is 12.5. The predicted octanol–water partition coefficient (Wildman–Crippen LogP) is 2.44. The van der Waals surface area contributed by atoms with Crippen LogP contribution in [0.4, 0.5) is 5.69 Å². The summed E-state index contributed by atoms with van der Waals surface area (Å²) in [5.74, 6) is 1.88. The van der Waals surface area contributed by atoms with E-state index in [9.17, 15) is 4.79 Å². The largest absolute Gasteiger partial charge is 0.468 e. The summed E-state index contributed by atoms with van der Waals surface area (Å²) >= 11 is 1.64. The zero-order valence-electron chi connectivity index (χ0n) is 11.1. The Hall–Kier alpha value is -1.59. The molecule has 4 heterocycles. The Labute approximate surface area is 121 Å². The summed E-state index contributed by atoms with van der Waals surface area (Å²) in [6.07, 6.45) is 1.70. The average molecular weight is 288 g/mol. The summed E-state index contributed by atoms with van der Waals surface area (Å²) < 4.78 is 5.39. The van der Waals surface area contributed by atoms with Gasteiger partial charge in [-0.1, -0.05) is 0 Å². The number of carbonyl (C=O) groups is 1. The topological polar surface area (TPSA) is 36.7 Å². The maximum absolute atomic E-state index is 12.5. The Balaban J connectivity index is 1.45. The number of carbonyl (C=O) groups excluding carboxylic acids is 1. The van der Waals surface area contributed by atoms with Gasteiger partial charge < -0.3 is 9.32 Å². The number of furan rings is 1. The van der Waals surface area contributed by atoms with Gasteiger partial charge in [-0.2, -0.15) is 11.3 Å². The van der Waals surface area contributed by atoms with Crippen molar-refractivity contribution in [2.75, 3.05) is 24.5 Å². The van der Waals surface area contributed by atoms with Gasteiger partial charge in [0.15, 0.2) is 0 Å². The fourth-order valence-electron chi connectivity index (χ4n) is 3.35. The highest BCUT2D eigenvalue weighted by molar-refractivity contribution is 7.08. The summed E-state index contributed by atoms with van der Waals surface area (Å²) in [6.45, 7) is 3.50. The van der Waals surface area contributed by atoms with Gasteiger partial charge in [-0.25, -0.2) is 0 Å². The predicted molar refractivity (Wildman–Crippen MR) is 77.6 cm³/mol. The maximum Gasteiger partial charge on any atom is 0.231 e. The molecule has 2 aliphatic heterocycles. The van der Waals surface area contributed by atoms with E-state index in [2.05, 4.69) is 10.3 Å². The van der Waals surface area contributed by atoms with E-state index >= 15 is 0 Å². The third-order valence-corrected chi connectivity index (χ3v) is 4.97. The van der Waals surface area contributed by atoms with E-state index in [1.165, 1.54) is 0 Å². The highest BCUT2D eigenvalue weighted by atomic mass is 32.1. The Morgan fingerprint density at radius 2 is 2.25 bits per heavy atom. The van der Waals surface area contributed by atoms with Gasteiger partial charge >= 0.3 is 0 Å². The molecule has 0 unspecified atom stereocenters. The number of anilines is 1. The second kappa shape index (κ2) is 4.75. The van der Waals surface area contributed by atoms with Crippen LogP contribution in [-0.2, 0) is 11.3 Å². The molecule has 0 bridgehead atoms. The van der Waals surface area contributed by atoms with Crippen LogP contribution in [0.1, 0.15) is 5.76 Å². The molecule has 0 N–H and O–H groups in total. The van der Waals surface area contributed by atoms with Crippen molar-refractivity contribution >= 4 is 22.9 Å². The number of fused-ring (bicyclic) bond motifs is 1. The van der Waals surface area contributed by atoms with Gasteiger partial charge in [0.1, 0.15) is 5.76 Å². The van der Waals surface area contributed by atoms with Gasteiger partial charge in [0.2, 0.25) is 5.91 Å². The molecule has 104 valence electrons. The smallest absolute Gasteiger partial charge is 0.231 e. The minimum Gasteiger partial charge on any atom is -0.468 e. The average Bonchev–Trinajstić information content (AvgIpc) is 3.17. The van der Waals surface area contributed by atoms with E-state index in [1.807, 2.05) is 28.5 Å². The van der Waals surface area contributed by atoms with Crippen LogP contribution in [0.5, 0.6) is 0 Å². The lowest BCUT2D eigenvalue weighted by atomic mass is 10.0. The van der Waals surface area contributed by atoms with E-state index in [0.717, 1.165) is 37.6 Å². The molecule has 4 nitrogen and oxygen atoms in total. The Morgan fingerprint density at radius 3 is 2.95 bits per heavy atom. The van der Waals surface area contributed by atoms with Gasteiger partial charge in [0.25, 0.3) is 0 Å². The van der Waals surface area contributed by atoms with Crippen LogP contribution < -0.4 is 4.90 Å². The van der Waals surface area contributed by atoms with Crippen molar-refractivity contribution in [1.29, 1.82) is 0 Å². The van der Waals surface area contributed by atoms with Gasteiger partial charge in [-0.3, -0.25) is 9.69 Å². The number of nitrogens with zero attached hydrogens (tertiary/aromatic N) is 2. The first-order chi connectivity index (χ1) is 9.81. The summed E-state index contributed by atoms with van der Waals surface area (Å²) in [5, 5.41) is 4.08. The second-order valence-electron chi connectivity index (χ2n) is 5.57. The van der Waals surface area contributed by atoms with Crippen LogP contribution in [-0.4, -0.2) is 30.4 Å². The minimum absolute atomic E-state index is 0.157. The third kappa shape index (κ3) is 1.98. The molecule has 2 aliphatic rings. The molecule has 0 saturated carbocycles. The summed E-state index contributed by atoms with van der Waals surface area (Å²) in [4.78, 5) is 16.8. The van der Waals surface area contributed by atoms with E-state index in [-0.39, 0.29) is 11.8 Å². The van der Waals surface area contributed by atoms with E-state index in [0.29, 0.717) is 5.92 Å². The molecule has 0 spiro atoms. The molecule has 5 heteroatoms. The first kappa shape index (κ1) is 12.2. The summed E-state index contributed by atoms with van der Waals surface area (Å²) in [5.41, 5.74) is 1.06. The first-order valence-corrected chi connectivity index (χ1v) is 7.84. The van der Waals surface area contributed by atoms with Crippen LogP contribution >= 0.6 is 11.3 Å². The fraction of sp³-hybridized carbons (Fsp3) is 0.400. The van der Waals surface area contributed by atoms with Crippen LogP contribution in [0.3, 0.4) is 0 Å². The highest BCUT2D eigenvalue weighted by Crippen LogP contribution is 2.36. The third-order valence-electron chi connectivity index (χ3n) is 4.29. The van der Waals surface area contributed by atoms with Gasteiger partial charge in [-0.05, 0) is 23.6 Å². The van der Waals surface area contributed by atoms with Crippen molar-refractivity contribution in [3.8, 4) is 0 Å². The number of rotatable bonds is 3. The lowest BCUT2D eigenvalue weighted by molar-refractivity contribution is -0.120. The van der Waals surface area contributed by atoms with Crippen molar-refractivity contribution < 1.29 is 9.21 Å². The van der Waals surface area contributed by atoms with Crippen LogP contribution in [0.25, 0.3) is 0 Å². The standard InChI is InChI=1S/C15H16N2O2S/c18-15-14-9-16(8-13-2-1-4-19-13)6-11(14)7-17(15)12-3-5-20-10-12/h1-5,10-11,14H,6-9H2/t11-,14-/m1/s1. The molecular formula is C15H16N2O2S. The molecule has 0 radical (unpaired) electrons. The molecule has 1 amide bonds. The molecular weight excluding hydrogens is 272 g/mol. The Morgan fingerprint density at radius 1 is 1.30 bits per heavy atom. The van der Waals surface area contributed by atoms with Crippen molar-refractivity contribution in [1.82, 2.24) is 4.90 Å². The Kier molecular flexibility index (Phi) is 2.89. The normalized spacial score (nSPS) is 26.4. The van der Waals surface area contributed by atoms with Crippen molar-refractivity contribution in [3.63, 3.8) is 0 Å². The van der Waals surface area contributed by atoms with E-state index in [1.54, 1.807) is 17.6 Å². The lowest BCUT2D eigenvalue weighted by Crippen LogP contribution is -2.32. The molecule has 20 heavy (non-hydrogen) atoms. The van der Waals surface area contributed by atoms with E-state index < -0.39 is 0 Å². The quantitative estimate of drug-likeness (QED) is 0.870. The van der Waals surface area contributed by atoms with Crippen LogP contribution in [0.2, 0.25) is 0 Å². The van der Waals surface area contributed by atoms with Gasteiger partial charge in [0, 0.05) is 30.9 Å². The highest BCUT2D eigenvalue weighted by Gasteiger charge is 2.46. The van der Waals surface area contributed by atoms with Crippen LogP contribution in [0, 0.1) is 11.8 Å². The molecule has 2 aromatic rings. The summed E-state index contributed by atoms with van der Waals surface area (Å²) in [6, 6.07) is 5.94. The van der Waals surface area contributed by atoms with Crippen molar-refractivity contribution in [2.24, 2.45) is 11.8 Å².